The normalized spacial score (nSPS) is 11.1. The monoisotopic (exact) mass is 499 g/mol. The quantitative estimate of drug-likeness (QED) is 0.276. The van der Waals surface area contributed by atoms with Crippen molar-refractivity contribution in [3.63, 3.8) is 0 Å². The van der Waals surface area contributed by atoms with Gasteiger partial charge in [0.2, 0.25) is 0 Å². The molecule has 0 bridgehead atoms. The number of thioether (sulfide) groups is 1. The number of nitrogens with zero attached hydrogens (tertiary/aromatic N) is 1. The first-order valence-electron chi connectivity index (χ1n) is 9.34. The van der Waals surface area contributed by atoms with Crippen LogP contribution in [0.5, 0.6) is 5.75 Å². The molecule has 0 amide bonds. The van der Waals surface area contributed by atoms with Crippen LogP contribution in [-0.4, -0.2) is 11.7 Å². The second kappa shape index (κ2) is 8.88. The molecule has 30 heavy (non-hydrogen) atoms. The summed E-state index contributed by atoms with van der Waals surface area (Å²) in [6, 6.07) is 21.7. The summed E-state index contributed by atoms with van der Waals surface area (Å²) in [4.78, 5) is 14.1. The Kier molecular flexibility index (Phi) is 6.23. The van der Waals surface area contributed by atoms with Gasteiger partial charge in [-0.3, -0.25) is 9.36 Å². The van der Waals surface area contributed by atoms with Crippen LogP contribution in [0.4, 0.5) is 0 Å². The van der Waals surface area contributed by atoms with Gasteiger partial charge in [-0.1, -0.05) is 41.9 Å². The van der Waals surface area contributed by atoms with Crippen molar-refractivity contribution >= 4 is 50.2 Å². The summed E-state index contributed by atoms with van der Waals surface area (Å²) < 4.78 is 7.90. The number of hydrogen-bond acceptors (Lipinski definition) is 3. The Labute approximate surface area is 192 Å². The van der Waals surface area contributed by atoms with Crippen molar-refractivity contribution in [1.29, 1.82) is 0 Å². The van der Waals surface area contributed by atoms with E-state index in [2.05, 4.69) is 52.3 Å². The molecule has 6 heteroatoms. The minimum atomic E-state index is -0.124. The number of hydrogen-bond donors (Lipinski definition) is 0. The first-order chi connectivity index (χ1) is 14.5. The van der Waals surface area contributed by atoms with Crippen LogP contribution in [0.15, 0.2) is 80.9 Å². The number of benzene rings is 3. The summed E-state index contributed by atoms with van der Waals surface area (Å²) in [5.41, 5.74) is 3.53. The molecule has 0 unspecified atom stereocenters. The molecular formula is C24H19BrClNO2S. The molecule has 4 rings (SSSR count). The second-order valence-electron chi connectivity index (χ2n) is 6.89. The van der Waals surface area contributed by atoms with Crippen molar-refractivity contribution < 1.29 is 4.74 Å². The molecule has 3 nitrogen and oxygen atoms in total. The third kappa shape index (κ3) is 4.15. The molecule has 0 aliphatic carbocycles. The number of fused-ring (bicyclic) bond motifs is 1. The largest absolute Gasteiger partial charge is 0.495 e. The van der Waals surface area contributed by atoms with E-state index in [1.54, 1.807) is 41.6 Å². The SMILES string of the molecule is COc1cc(Br)c(Cl)cc1-n1c(=O)cc(C)c2cc(SCc3ccccc3)ccc21. The number of rotatable bonds is 5. The maximum Gasteiger partial charge on any atom is 0.255 e. The molecular weight excluding hydrogens is 482 g/mol. The van der Waals surface area contributed by atoms with Crippen LogP contribution < -0.4 is 10.3 Å². The van der Waals surface area contributed by atoms with E-state index in [9.17, 15) is 4.79 Å². The van der Waals surface area contributed by atoms with Crippen molar-refractivity contribution in [2.75, 3.05) is 7.11 Å². The predicted octanol–water partition coefficient (Wildman–Crippen LogP) is 7.02. The lowest BCUT2D eigenvalue weighted by atomic mass is 10.1. The van der Waals surface area contributed by atoms with E-state index < -0.39 is 0 Å². The minimum absolute atomic E-state index is 0.124. The van der Waals surface area contributed by atoms with Crippen molar-refractivity contribution in [2.24, 2.45) is 0 Å². The Bertz CT molecular complexity index is 1290. The highest BCUT2D eigenvalue weighted by Crippen LogP contribution is 2.35. The number of methoxy groups -OCH3 is 1. The van der Waals surface area contributed by atoms with Gasteiger partial charge in [-0.2, -0.15) is 0 Å². The van der Waals surface area contributed by atoms with Gasteiger partial charge in [0.25, 0.3) is 5.56 Å². The van der Waals surface area contributed by atoms with E-state index in [1.807, 2.05) is 19.1 Å². The summed E-state index contributed by atoms with van der Waals surface area (Å²) in [7, 11) is 1.58. The summed E-state index contributed by atoms with van der Waals surface area (Å²) in [5.74, 6) is 1.46. The van der Waals surface area contributed by atoms with Crippen molar-refractivity contribution in [2.45, 2.75) is 17.6 Å². The molecule has 1 heterocycles. The van der Waals surface area contributed by atoms with Crippen LogP contribution in [0.2, 0.25) is 5.02 Å². The highest BCUT2D eigenvalue weighted by Gasteiger charge is 2.15. The fourth-order valence-corrected chi connectivity index (χ4v) is 4.78. The third-order valence-corrected chi connectivity index (χ3v) is 7.17. The molecule has 0 spiro atoms. The molecule has 4 aromatic rings. The Morgan fingerprint density at radius 3 is 2.57 bits per heavy atom. The Morgan fingerprint density at radius 1 is 1.07 bits per heavy atom. The zero-order valence-electron chi connectivity index (χ0n) is 16.5. The molecule has 0 fully saturated rings. The zero-order chi connectivity index (χ0) is 21.3. The van der Waals surface area contributed by atoms with E-state index >= 15 is 0 Å². The molecule has 0 aliphatic heterocycles. The molecule has 0 aliphatic rings. The van der Waals surface area contributed by atoms with Crippen LogP contribution in [-0.2, 0) is 5.75 Å². The lowest BCUT2D eigenvalue weighted by molar-refractivity contribution is 0.412. The van der Waals surface area contributed by atoms with Gasteiger partial charge in [0.15, 0.2) is 0 Å². The zero-order valence-corrected chi connectivity index (χ0v) is 19.6. The minimum Gasteiger partial charge on any atom is -0.495 e. The predicted molar refractivity (Wildman–Crippen MR) is 130 cm³/mol. The van der Waals surface area contributed by atoms with E-state index in [1.165, 1.54) is 5.56 Å². The molecule has 3 aromatic carbocycles. The van der Waals surface area contributed by atoms with Crippen LogP contribution in [0, 0.1) is 6.92 Å². The lowest BCUT2D eigenvalue weighted by Gasteiger charge is -2.16. The summed E-state index contributed by atoms with van der Waals surface area (Å²) in [5, 5.41) is 1.54. The second-order valence-corrected chi connectivity index (χ2v) is 9.20. The highest BCUT2D eigenvalue weighted by atomic mass is 79.9. The Balaban J connectivity index is 1.82. The van der Waals surface area contributed by atoms with E-state index in [0.717, 1.165) is 27.1 Å². The van der Waals surface area contributed by atoms with Gasteiger partial charge in [-0.15, -0.1) is 11.8 Å². The fourth-order valence-electron chi connectivity index (χ4n) is 3.41. The third-order valence-electron chi connectivity index (χ3n) is 4.91. The number of aromatic nitrogens is 1. The molecule has 1 aromatic heterocycles. The summed E-state index contributed by atoms with van der Waals surface area (Å²) in [6.45, 7) is 1.96. The van der Waals surface area contributed by atoms with Crippen LogP contribution in [0.1, 0.15) is 11.1 Å². The topological polar surface area (TPSA) is 31.2 Å². The average Bonchev–Trinajstić information content (AvgIpc) is 2.75. The first kappa shape index (κ1) is 21.0. The van der Waals surface area contributed by atoms with Crippen LogP contribution in [0.3, 0.4) is 0 Å². The summed E-state index contributed by atoms with van der Waals surface area (Å²) >= 11 is 11.5. The number of pyridine rings is 1. The fraction of sp³-hybridized carbons (Fsp3) is 0.125. The average molecular weight is 501 g/mol. The smallest absolute Gasteiger partial charge is 0.255 e. The lowest BCUT2D eigenvalue weighted by Crippen LogP contribution is -2.19. The van der Waals surface area contributed by atoms with Crippen molar-refractivity contribution in [1.82, 2.24) is 4.57 Å². The molecule has 0 atom stereocenters. The molecule has 0 saturated heterocycles. The van der Waals surface area contributed by atoms with E-state index in [-0.39, 0.29) is 5.56 Å². The maximum atomic E-state index is 13.0. The van der Waals surface area contributed by atoms with Crippen molar-refractivity contribution in [3.05, 3.63) is 97.7 Å². The molecule has 0 radical (unpaired) electrons. The van der Waals surface area contributed by atoms with Gasteiger partial charge in [0.05, 0.1) is 23.3 Å². The summed E-state index contributed by atoms with van der Waals surface area (Å²) in [6.07, 6.45) is 0. The number of aryl methyl sites for hydroxylation is 1. The van der Waals surface area contributed by atoms with Crippen molar-refractivity contribution in [3.8, 4) is 11.4 Å². The van der Waals surface area contributed by atoms with E-state index in [4.69, 9.17) is 16.3 Å². The number of halogens is 2. The Morgan fingerprint density at radius 2 is 1.83 bits per heavy atom. The van der Waals surface area contributed by atoms with Gasteiger partial charge in [0.1, 0.15) is 5.75 Å². The van der Waals surface area contributed by atoms with Crippen LogP contribution >= 0.6 is 39.3 Å². The van der Waals surface area contributed by atoms with Gasteiger partial charge < -0.3 is 4.74 Å². The maximum absolute atomic E-state index is 13.0. The Hall–Kier alpha value is -2.21. The number of ether oxygens (including phenoxy) is 1. The van der Waals surface area contributed by atoms with Gasteiger partial charge in [0, 0.05) is 26.6 Å². The molecule has 0 saturated carbocycles. The standard InChI is InChI=1S/C24H19BrClNO2S/c1-15-10-24(28)27(22-13-20(26)19(25)12-23(22)29-2)21-9-8-17(11-18(15)21)30-14-16-6-4-3-5-7-16/h3-13H,14H2,1-2H3. The van der Waals surface area contributed by atoms with Gasteiger partial charge in [-0.05, 0) is 64.3 Å². The molecule has 0 N–H and O–H groups in total. The highest BCUT2D eigenvalue weighted by molar-refractivity contribution is 9.10. The van der Waals surface area contributed by atoms with Gasteiger partial charge >= 0.3 is 0 Å². The molecule has 152 valence electrons. The van der Waals surface area contributed by atoms with E-state index in [0.29, 0.717) is 20.9 Å². The van der Waals surface area contributed by atoms with Gasteiger partial charge in [-0.25, -0.2) is 0 Å². The van der Waals surface area contributed by atoms with Crippen LogP contribution in [0.25, 0.3) is 16.6 Å². The first-order valence-corrected chi connectivity index (χ1v) is 11.5.